The van der Waals surface area contributed by atoms with Crippen LogP contribution in [0, 0.1) is 0 Å². The number of unbranched alkanes of at least 4 members (excludes halogenated alkanes) is 48. The lowest BCUT2D eigenvalue weighted by Gasteiger charge is -2.26. The van der Waals surface area contributed by atoms with E-state index in [-0.39, 0.29) is 0 Å². The third-order valence-corrected chi connectivity index (χ3v) is 15.7. The van der Waals surface area contributed by atoms with Gasteiger partial charge in [0.2, 0.25) is 0 Å². The molecule has 2 atom stereocenters. The van der Waals surface area contributed by atoms with Crippen molar-refractivity contribution in [3.63, 3.8) is 0 Å². The fourth-order valence-corrected chi connectivity index (χ4v) is 10.9. The number of rotatable bonds is 62. The van der Waals surface area contributed by atoms with Crippen LogP contribution in [-0.4, -0.2) is 12.2 Å². The first kappa shape index (κ1) is 68.4. The molecule has 0 radical (unpaired) electrons. The van der Waals surface area contributed by atoms with Crippen LogP contribution in [0.5, 0.6) is 0 Å². The summed E-state index contributed by atoms with van der Waals surface area (Å²) in [6, 6.07) is 0. The average molecular weight is 968 g/mol. The highest BCUT2D eigenvalue weighted by Gasteiger charge is 2.17. The summed E-state index contributed by atoms with van der Waals surface area (Å²) in [5, 5.41) is 0. The van der Waals surface area contributed by atoms with Gasteiger partial charge >= 0.3 is 0 Å². The van der Waals surface area contributed by atoms with Gasteiger partial charge in [0.1, 0.15) is 0 Å². The maximum absolute atomic E-state index is 7.30. The lowest BCUT2D eigenvalue weighted by atomic mass is 9.99. The normalized spacial score (nSPS) is 12.9. The van der Waals surface area contributed by atoms with Crippen molar-refractivity contribution in [1.29, 1.82) is 0 Å². The van der Waals surface area contributed by atoms with E-state index >= 15 is 0 Å². The van der Waals surface area contributed by atoms with E-state index in [1.165, 1.54) is 372 Å². The van der Waals surface area contributed by atoms with Crippen molar-refractivity contribution in [2.24, 2.45) is 0 Å². The topological polar surface area (TPSA) is 9.23 Å². The van der Waals surface area contributed by atoms with Crippen LogP contribution < -0.4 is 0 Å². The van der Waals surface area contributed by atoms with E-state index in [1.54, 1.807) is 0 Å². The van der Waals surface area contributed by atoms with Gasteiger partial charge in [-0.3, -0.25) is 0 Å². The zero-order chi connectivity index (χ0) is 49.7. The van der Waals surface area contributed by atoms with E-state index in [0.717, 1.165) is 0 Å². The Hall–Kier alpha value is -0.560. The molecule has 69 heavy (non-hydrogen) atoms. The summed E-state index contributed by atoms with van der Waals surface area (Å²) in [5.74, 6) is 0. The molecule has 412 valence electrons. The molecule has 0 fully saturated rings. The third-order valence-electron chi connectivity index (χ3n) is 15.7. The van der Waals surface area contributed by atoms with Crippen LogP contribution in [0.25, 0.3) is 0 Å². The molecule has 0 aromatic rings. The Morgan fingerprint density at radius 3 is 0.507 bits per heavy atom. The molecule has 0 heterocycles. The smallest absolute Gasteiger partial charge is 0.0578 e. The Labute approximate surface area is 439 Å². The average Bonchev–Trinajstić information content (AvgIpc) is 3.36. The van der Waals surface area contributed by atoms with Crippen LogP contribution in [0.15, 0.2) is 24.3 Å². The molecule has 0 bridgehead atoms. The Morgan fingerprint density at radius 1 is 0.188 bits per heavy atom. The van der Waals surface area contributed by atoms with Crippen LogP contribution in [-0.2, 0) is 4.74 Å². The lowest BCUT2D eigenvalue weighted by Crippen LogP contribution is -2.23. The quantitative estimate of drug-likeness (QED) is 0.0436. The monoisotopic (exact) mass is 967 g/mol. The number of hydrogen-bond acceptors (Lipinski definition) is 1. The van der Waals surface area contributed by atoms with Crippen molar-refractivity contribution in [2.45, 2.75) is 412 Å². The first-order valence-corrected chi connectivity index (χ1v) is 33.2. The van der Waals surface area contributed by atoms with Crippen molar-refractivity contribution >= 4 is 0 Å². The van der Waals surface area contributed by atoms with Gasteiger partial charge in [-0.05, 0) is 77.0 Å². The molecule has 0 aromatic heterocycles. The highest BCUT2D eigenvalue weighted by Crippen LogP contribution is 2.24. The van der Waals surface area contributed by atoms with Crippen molar-refractivity contribution in [1.82, 2.24) is 0 Å². The second-order valence-electron chi connectivity index (χ2n) is 22.9. The van der Waals surface area contributed by atoms with Crippen molar-refractivity contribution in [3.8, 4) is 0 Å². The number of ether oxygens (including phenoxy) is 1. The minimum atomic E-state index is 0.496. The molecule has 0 amide bonds. The summed E-state index contributed by atoms with van der Waals surface area (Å²) in [4.78, 5) is 0. The summed E-state index contributed by atoms with van der Waals surface area (Å²) in [7, 11) is 0. The van der Waals surface area contributed by atoms with Crippen molar-refractivity contribution in [2.75, 3.05) is 0 Å². The maximum atomic E-state index is 7.30. The highest BCUT2D eigenvalue weighted by atomic mass is 16.5. The molecule has 0 aliphatic carbocycles. The molecule has 0 saturated carbocycles. The predicted octanol–water partition coefficient (Wildman–Crippen LogP) is 25.6. The van der Waals surface area contributed by atoms with Crippen LogP contribution in [0.2, 0.25) is 0 Å². The van der Waals surface area contributed by atoms with E-state index < -0.39 is 0 Å². The SMILES string of the molecule is CCCCCCCC/C=C\CCCCCCCCC(CCCCCCCCCCCCCCC)OC(CCCCCCCC/C=C\CCCCCCCC)CCCCCCCCCCCCCCC. The standard InChI is InChI=1S/C68H134O/c1-5-9-13-17-21-25-29-33-35-37-41-45-49-53-57-61-65-67(63-59-55-51-47-43-39-31-27-23-19-15-11-7-3)69-68(64-60-56-52-48-44-40-32-28-24-20-16-12-8-4)66-62-58-54-50-46-42-38-36-34-30-26-22-18-14-10-6-2/h33-36,67-68H,5-32,37-66H2,1-4H3/b35-33-,36-34-. The Bertz CT molecular complexity index is 860. The van der Waals surface area contributed by atoms with Gasteiger partial charge in [0, 0.05) is 0 Å². The predicted molar refractivity (Wildman–Crippen MR) is 317 cm³/mol. The van der Waals surface area contributed by atoms with Gasteiger partial charge in [-0.25, -0.2) is 0 Å². The molecule has 0 N–H and O–H groups in total. The second-order valence-corrected chi connectivity index (χ2v) is 22.9. The first-order valence-electron chi connectivity index (χ1n) is 33.2. The molecular formula is C68H134O. The first-order chi connectivity index (χ1) is 34.3. The molecule has 0 aromatic carbocycles. The van der Waals surface area contributed by atoms with Gasteiger partial charge in [0.15, 0.2) is 0 Å². The molecule has 1 nitrogen and oxygen atoms in total. The largest absolute Gasteiger partial charge is 0.375 e. The highest BCUT2D eigenvalue weighted by molar-refractivity contribution is 4.82. The van der Waals surface area contributed by atoms with Crippen LogP contribution in [0.1, 0.15) is 400 Å². The van der Waals surface area contributed by atoms with E-state index in [9.17, 15) is 0 Å². The summed E-state index contributed by atoms with van der Waals surface area (Å²) in [6.07, 6.45) is 92.6. The molecule has 0 rings (SSSR count). The fourth-order valence-electron chi connectivity index (χ4n) is 10.9. The maximum Gasteiger partial charge on any atom is 0.0578 e. The van der Waals surface area contributed by atoms with Gasteiger partial charge in [-0.2, -0.15) is 0 Å². The summed E-state index contributed by atoms with van der Waals surface area (Å²) >= 11 is 0. The van der Waals surface area contributed by atoms with E-state index in [1.807, 2.05) is 0 Å². The Morgan fingerprint density at radius 2 is 0.333 bits per heavy atom. The number of hydrogen-bond donors (Lipinski definition) is 0. The molecular weight excluding hydrogens is 833 g/mol. The fraction of sp³-hybridized carbons (Fsp3) is 0.941. The van der Waals surface area contributed by atoms with Crippen molar-refractivity contribution in [3.05, 3.63) is 24.3 Å². The molecule has 2 unspecified atom stereocenters. The Balaban J connectivity index is 4.90. The van der Waals surface area contributed by atoms with Gasteiger partial charge < -0.3 is 4.74 Å². The Kier molecular flexibility index (Phi) is 63.0. The molecule has 0 aliphatic rings. The minimum Gasteiger partial charge on any atom is -0.375 e. The van der Waals surface area contributed by atoms with Gasteiger partial charge in [0.25, 0.3) is 0 Å². The molecule has 0 saturated heterocycles. The molecule has 0 spiro atoms. The number of allylic oxidation sites excluding steroid dienone is 4. The second kappa shape index (κ2) is 63.6. The summed E-state index contributed by atoms with van der Waals surface area (Å²) in [6.45, 7) is 9.28. The van der Waals surface area contributed by atoms with Gasteiger partial charge in [-0.1, -0.05) is 347 Å². The summed E-state index contributed by atoms with van der Waals surface area (Å²) < 4.78 is 7.30. The third kappa shape index (κ3) is 59.9. The van der Waals surface area contributed by atoms with Crippen LogP contribution in [0.4, 0.5) is 0 Å². The van der Waals surface area contributed by atoms with E-state index in [2.05, 4.69) is 52.0 Å². The van der Waals surface area contributed by atoms with E-state index in [4.69, 9.17) is 4.74 Å². The van der Waals surface area contributed by atoms with Gasteiger partial charge in [0.05, 0.1) is 12.2 Å². The zero-order valence-electron chi connectivity index (χ0n) is 48.9. The van der Waals surface area contributed by atoms with Crippen LogP contribution in [0.3, 0.4) is 0 Å². The van der Waals surface area contributed by atoms with E-state index in [0.29, 0.717) is 12.2 Å². The molecule has 1 heteroatoms. The zero-order valence-corrected chi connectivity index (χ0v) is 48.9. The summed E-state index contributed by atoms with van der Waals surface area (Å²) in [5.41, 5.74) is 0. The lowest BCUT2D eigenvalue weighted by molar-refractivity contribution is -0.0324. The van der Waals surface area contributed by atoms with Crippen molar-refractivity contribution < 1.29 is 4.74 Å². The van der Waals surface area contributed by atoms with Crippen LogP contribution >= 0.6 is 0 Å². The minimum absolute atomic E-state index is 0.496. The molecule has 0 aliphatic heterocycles. The van der Waals surface area contributed by atoms with Gasteiger partial charge in [-0.15, -0.1) is 0 Å².